The second kappa shape index (κ2) is 6.49. The van der Waals surface area contributed by atoms with Crippen molar-refractivity contribution in [3.8, 4) is 11.8 Å². The van der Waals surface area contributed by atoms with Crippen LogP contribution in [0.15, 0.2) is 17.7 Å². The Morgan fingerprint density at radius 2 is 1.95 bits per heavy atom. The van der Waals surface area contributed by atoms with Crippen molar-refractivity contribution in [2.24, 2.45) is 0 Å². The molecule has 20 heavy (non-hydrogen) atoms. The van der Waals surface area contributed by atoms with E-state index in [0.717, 1.165) is 0 Å². The number of halogens is 3. The molecule has 0 atom stereocenters. The van der Waals surface area contributed by atoms with Crippen molar-refractivity contribution in [3.05, 3.63) is 23.3 Å². The lowest BCUT2D eigenvalue weighted by Gasteiger charge is -2.11. The number of ether oxygens (including phenoxy) is 2. The Morgan fingerprint density at radius 1 is 1.30 bits per heavy atom. The average molecular weight is 291 g/mol. The molecule has 7 heteroatoms. The molecule has 0 aromatic carbocycles. The standard InChI is InChI=1S/C13H16F3NO3/c1-8(2)11(18)9-4-5-10(17-12(9)19-3)20-7-6-13(14,15)16/h4-5,18H,6-7H2,1-3H3. The van der Waals surface area contributed by atoms with Crippen molar-refractivity contribution >= 4 is 5.76 Å². The summed E-state index contributed by atoms with van der Waals surface area (Å²) in [6, 6.07) is 2.87. The van der Waals surface area contributed by atoms with Gasteiger partial charge < -0.3 is 14.6 Å². The summed E-state index contributed by atoms with van der Waals surface area (Å²) in [4.78, 5) is 3.91. The van der Waals surface area contributed by atoms with E-state index in [1.807, 2.05) is 0 Å². The van der Waals surface area contributed by atoms with Crippen LogP contribution in [0.5, 0.6) is 11.8 Å². The number of aliphatic hydroxyl groups is 1. The van der Waals surface area contributed by atoms with Gasteiger partial charge in [-0.2, -0.15) is 18.2 Å². The maximum Gasteiger partial charge on any atom is 0.392 e. The van der Waals surface area contributed by atoms with Crippen molar-refractivity contribution < 1.29 is 27.8 Å². The van der Waals surface area contributed by atoms with E-state index in [1.54, 1.807) is 13.8 Å². The van der Waals surface area contributed by atoms with Gasteiger partial charge in [0.25, 0.3) is 0 Å². The van der Waals surface area contributed by atoms with E-state index < -0.39 is 19.2 Å². The quantitative estimate of drug-likeness (QED) is 0.840. The number of hydrogen-bond acceptors (Lipinski definition) is 4. The van der Waals surface area contributed by atoms with E-state index in [0.29, 0.717) is 11.1 Å². The molecule has 0 saturated carbocycles. The van der Waals surface area contributed by atoms with Crippen molar-refractivity contribution in [2.75, 3.05) is 13.7 Å². The lowest BCUT2D eigenvalue weighted by atomic mass is 10.1. The Balaban J connectivity index is 2.86. The molecule has 112 valence electrons. The smallest absolute Gasteiger partial charge is 0.392 e. The molecule has 1 heterocycles. The van der Waals surface area contributed by atoms with Crippen LogP contribution in [-0.2, 0) is 0 Å². The van der Waals surface area contributed by atoms with Crippen LogP contribution in [0.25, 0.3) is 5.76 Å². The second-order valence-corrected chi connectivity index (χ2v) is 4.27. The van der Waals surface area contributed by atoms with Crippen LogP contribution in [0.2, 0.25) is 0 Å². The van der Waals surface area contributed by atoms with Gasteiger partial charge in [0.1, 0.15) is 5.76 Å². The SMILES string of the molecule is COc1nc(OCCC(F)(F)F)ccc1C(O)=C(C)C. The highest BCUT2D eigenvalue weighted by Crippen LogP contribution is 2.27. The first kappa shape index (κ1) is 16.1. The number of allylic oxidation sites excluding steroid dienone is 1. The predicted octanol–water partition coefficient (Wildman–Crippen LogP) is 3.73. The van der Waals surface area contributed by atoms with E-state index in [-0.39, 0.29) is 17.5 Å². The van der Waals surface area contributed by atoms with E-state index in [4.69, 9.17) is 9.47 Å². The van der Waals surface area contributed by atoms with Gasteiger partial charge in [-0.1, -0.05) is 0 Å². The molecule has 1 aromatic heterocycles. The highest BCUT2D eigenvalue weighted by molar-refractivity contribution is 5.65. The first-order chi connectivity index (χ1) is 9.24. The number of alkyl halides is 3. The Hall–Kier alpha value is -1.92. The average Bonchev–Trinajstić information content (AvgIpc) is 2.36. The largest absolute Gasteiger partial charge is 0.507 e. The first-order valence-electron chi connectivity index (χ1n) is 5.86. The number of methoxy groups -OCH3 is 1. The zero-order valence-electron chi connectivity index (χ0n) is 11.4. The molecule has 0 unspecified atom stereocenters. The van der Waals surface area contributed by atoms with Crippen molar-refractivity contribution in [1.29, 1.82) is 0 Å². The van der Waals surface area contributed by atoms with Gasteiger partial charge in [-0.3, -0.25) is 0 Å². The van der Waals surface area contributed by atoms with E-state index in [2.05, 4.69) is 4.98 Å². The number of aliphatic hydroxyl groups excluding tert-OH is 1. The van der Waals surface area contributed by atoms with Crippen LogP contribution in [0.1, 0.15) is 25.8 Å². The summed E-state index contributed by atoms with van der Waals surface area (Å²) < 4.78 is 45.9. The van der Waals surface area contributed by atoms with Gasteiger partial charge in [-0.05, 0) is 25.5 Å². The molecule has 1 aromatic rings. The van der Waals surface area contributed by atoms with Crippen molar-refractivity contribution in [1.82, 2.24) is 4.98 Å². The van der Waals surface area contributed by atoms with Gasteiger partial charge in [-0.25, -0.2) is 0 Å². The number of hydrogen-bond donors (Lipinski definition) is 1. The van der Waals surface area contributed by atoms with Gasteiger partial charge in [0.2, 0.25) is 11.8 Å². The Bertz CT molecular complexity index is 494. The van der Waals surface area contributed by atoms with Gasteiger partial charge in [-0.15, -0.1) is 0 Å². The van der Waals surface area contributed by atoms with Gasteiger partial charge in [0.15, 0.2) is 0 Å². The van der Waals surface area contributed by atoms with Gasteiger partial charge >= 0.3 is 6.18 Å². The lowest BCUT2D eigenvalue weighted by Crippen LogP contribution is -2.13. The van der Waals surface area contributed by atoms with E-state index in [9.17, 15) is 18.3 Å². The zero-order chi connectivity index (χ0) is 15.3. The molecular weight excluding hydrogens is 275 g/mol. The molecule has 4 nitrogen and oxygen atoms in total. The summed E-state index contributed by atoms with van der Waals surface area (Å²) in [5, 5.41) is 9.85. The first-order valence-corrected chi connectivity index (χ1v) is 5.86. The van der Waals surface area contributed by atoms with Crippen molar-refractivity contribution in [2.45, 2.75) is 26.4 Å². The van der Waals surface area contributed by atoms with Crippen LogP contribution in [0.4, 0.5) is 13.2 Å². The molecule has 0 saturated heterocycles. The number of pyridine rings is 1. The van der Waals surface area contributed by atoms with Gasteiger partial charge in [0, 0.05) is 6.07 Å². The summed E-state index contributed by atoms with van der Waals surface area (Å²) in [7, 11) is 1.35. The van der Waals surface area contributed by atoms with Crippen LogP contribution in [0, 0.1) is 0 Å². The summed E-state index contributed by atoms with van der Waals surface area (Å²) in [6.45, 7) is 2.90. The molecule has 1 N–H and O–H groups in total. The van der Waals surface area contributed by atoms with Crippen LogP contribution in [0.3, 0.4) is 0 Å². The molecule has 0 radical (unpaired) electrons. The number of rotatable bonds is 5. The summed E-state index contributed by atoms with van der Waals surface area (Å²) in [5.41, 5.74) is 1.02. The molecule has 0 amide bonds. The molecule has 0 aliphatic carbocycles. The third-order valence-electron chi connectivity index (χ3n) is 2.39. The number of nitrogens with zero attached hydrogens (tertiary/aromatic N) is 1. The highest BCUT2D eigenvalue weighted by Gasteiger charge is 2.27. The zero-order valence-corrected chi connectivity index (χ0v) is 11.4. The summed E-state index contributed by atoms with van der Waals surface area (Å²) in [6.07, 6.45) is -5.33. The van der Waals surface area contributed by atoms with E-state index in [1.165, 1.54) is 19.2 Å². The van der Waals surface area contributed by atoms with Crippen LogP contribution < -0.4 is 9.47 Å². The minimum atomic E-state index is -4.27. The normalized spacial score (nSPS) is 11.1. The molecule has 1 rings (SSSR count). The fourth-order valence-electron chi connectivity index (χ4n) is 1.38. The fourth-order valence-corrected chi connectivity index (χ4v) is 1.38. The predicted molar refractivity (Wildman–Crippen MR) is 67.9 cm³/mol. The van der Waals surface area contributed by atoms with E-state index >= 15 is 0 Å². The maximum atomic E-state index is 12.0. The molecule has 0 bridgehead atoms. The third-order valence-corrected chi connectivity index (χ3v) is 2.39. The van der Waals surface area contributed by atoms with Gasteiger partial charge in [0.05, 0.1) is 25.7 Å². The molecule has 0 aliphatic rings. The second-order valence-electron chi connectivity index (χ2n) is 4.27. The third kappa shape index (κ3) is 4.64. The lowest BCUT2D eigenvalue weighted by molar-refractivity contribution is -0.139. The van der Waals surface area contributed by atoms with Crippen LogP contribution >= 0.6 is 0 Å². The van der Waals surface area contributed by atoms with Crippen molar-refractivity contribution in [3.63, 3.8) is 0 Å². The fraction of sp³-hybridized carbons (Fsp3) is 0.462. The number of aromatic nitrogens is 1. The molecule has 0 aliphatic heterocycles. The highest BCUT2D eigenvalue weighted by atomic mass is 19.4. The minimum Gasteiger partial charge on any atom is -0.507 e. The Labute approximate surface area is 114 Å². The monoisotopic (exact) mass is 291 g/mol. The Kier molecular flexibility index (Phi) is 5.24. The maximum absolute atomic E-state index is 12.0. The molecule has 0 spiro atoms. The summed E-state index contributed by atoms with van der Waals surface area (Å²) >= 11 is 0. The minimum absolute atomic E-state index is 0.0104. The Morgan fingerprint density at radius 3 is 2.45 bits per heavy atom. The molecule has 0 fully saturated rings. The van der Waals surface area contributed by atoms with Crippen LogP contribution in [-0.4, -0.2) is 30.0 Å². The summed E-state index contributed by atoms with van der Waals surface area (Å²) in [5.74, 6) is 0.112. The molecular formula is C13H16F3NO3. The topological polar surface area (TPSA) is 51.6 Å².